The molecule has 0 aliphatic carbocycles. The zero-order valence-electron chi connectivity index (χ0n) is 10.3. The van der Waals surface area contributed by atoms with Crippen LogP contribution in [0.1, 0.15) is 22.8 Å². The molecule has 0 aromatic heterocycles. The molecular formula is C12H9F6NO2. The maximum absolute atomic E-state index is 12.7. The minimum Gasteiger partial charge on any atom is -0.362 e. The van der Waals surface area contributed by atoms with Crippen LogP contribution in [0.2, 0.25) is 0 Å². The third kappa shape index (κ3) is 3.66. The lowest BCUT2D eigenvalue weighted by Crippen LogP contribution is -2.38. The van der Waals surface area contributed by atoms with E-state index in [1.165, 1.54) is 0 Å². The Morgan fingerprint density at radius 1 is 1.00 bits per heavy atom. The summed E-state index contributed by atoms with van der Waals surface area (Å²) in [5, 5.41) is 2.32. The highest BCUT2D eigenvalue weighted by atomic mass is 19.4. The molecule has 1 aliphatic heterocycles. The molecule has 1 fully saturated rings. The smallest absolute Gasteiger partial charge is 0.362 e. The third-order valence-corrected chi connectivity index (χ3v) is 2.88. The molecule has 0 saturated carbocycles. The SMILES string of the molecule is O=C1CO[C@H](c2cc(C(F)(F)F)cc(C(F)(F)F)c2)CN1. The molecule has 116 valence electrons. The van der Waals surface area contributed by atoms with Gasteiger partial charge in [0.05, 0.1) is 11.1 Å². The van der Waals surface area contributed by atoms with Crippen molar-refractivity contribution in [3.05, 3.63) is 34.9 Å². The number of carbonyl (C=O) groups excluding carboxylic acids is 1. The van der Waals surface area contributed by atoms with Crippen molar-refractivity contribution < 1.29 is 35.9 Å². The number of carbonyl (C=O) groups is 1. The first kappa shape index (κ1) is 15.6. The molecule has 1 aromatic rings. The first-order valence-electron chi connectivity index (χ1n) is 5.75. The Kier molecular flexibility index (Phi) is 3.87. The fourth-order valence-electron chi connectivity index (χ4n) is 1.87. The second-order valence-electron chi connectivity index (χ2n) is 4.44. The highest BCUT2D eigenvalue weighted by Crippen LogP contribution is 2.38. The standard InChI is InChI=1S/C12H9F6NO2/c13-11(14,15)7-1-6(2-8(3-7)12(16,17)18)9-4-19-10(20)5-21-9/h1-3,9H,4-5H2,(H,19,20)/t9-/m0/s1. The summed E-state index contributed by atoms with van der Waals surface area (Å²) in [5.41, 5.74) is -3.10. The summed E-state index contributed by atoms with van der Waals surface area (Å²) in [6.07, 6.45) is -10.9. The minimum atomic E-state index is -4.91. The average Bonchev–Trinajstić information content (AvgIpc) is 2.37. The molecule has 1 saturated heterocycles. The van der Waals surface area contributed by atoms with Crippen LogP contribution in [-0.2, 0) is 21.9 Å². The van der Waals surface area contributed by atoms with Crippen molar-refractivity contribution in [1.29, 1.82) is 0 Å². The van der Waals surface area contributed by atoms with Gasteiger partial charge in [0.1, 0.15) is 12.7 Å². The predicted molar refractivity (Wildman–Crippen MR) is 58.1 cm³/mol. The highest BCUT2D eigenvalue weighted by Gasteiger charge is 2.38. The molecule has 1 aliphatic rings. The van der Waals surface area contributed by atoms with Gasteiger partial charge in [-0.1, -0.05) is 0 Å². The topological polar surface area (TPSA) is 38.3 Å². The number of hydrogen-bond donors (Lipinski definition) is 1. The maximum atomic E-state index is 12.7. The average molecular weight is 313 g/mol. The molecule has 21 heavy (non-hydrogen) atoms. The molecule has 0 unspecified atom stereocenters. The lowest BCUT2D eigenvalue weighted by atomic mass is 10.0. The number of alkyl halides is 6. The number of amides is 1. The van der Waals surface area contributed by atoms with Crippen molar-refractivity contribution in [3.63, 3.8) is 0 Å². The Bertz CT molecular complexity index is 509. The molecule has 2 rings (SSSR count). The lowest BCUT2D eigenvalue weighted by molar-refractivity contribution is -0.144. The molecule has 9 heteroatoms. The van der Waals surface area contributed by atoms with Crippen LogP contribution in [0.15, 0.2) is 18.2 Å². The van der Waals surface area contributed by atoms with Crippen LogP contribution in [0.4, 0.5) is 26.3 Å². The van der Waals surface area contributed by atoms with E-state index in [2.05, 4.69) is 5.32 Å². The molecule has 3 nitrogen and oxygen atoms in total. The van der Waals surface area contributed by atoms with Gasteiger partial charge in [0, 0.05) is 6.54 Å². The molecule has 1 N–H and O–H groups in total. The normalized spacial score (nSPS) is 20.3. The van der Waals surface area contributed by atoms with Crippen molar-refractivity contribution in [2.75, 3.05) is 13.2 Å². The molecule has 1 amide bonds. The highest BCUT2D eigenvalue weighted by molar-refractivity contribution is 5.77. The van der Waals surface area contributed by atoms with Gasteiger partial charge in [-0.15, -0.1) is 0 Å². The van der Waals surface area contributed by atoms with Crippen LogP contribution in [0, 0.1) is 0 Å². The molecule has 1 aromatic carbocycles. The fourth-order valence-corrected chi connectivity index (χ4v) is 1.87. The van der Waals surface area contributed by atoms with Gasteiger partial charge in [0.25, 0.3) is 0 Å². The second kappa shape index (κ2) is 5.21. The van der Waals surface area contributed by atoms with Crippen molar-refractivity contribution in [3.8, 4) is 0 Å². The number of morpholine rings is 1. The van der Waals surface area contributed by atoms with E-state index >= 15 is 0 Å². The quantitative estimate of drug-likeness (QED) is 0.810. The van der Waals surface area contributed by atoms with E-state index in [4.69, 9.17) is 4.74 Å². The Hall–Kier alpha value is -1.77. The molecule has 0 radical (unpaired) electrons. The fraction of sp³-hybridized carbons (Fsp3) is 0.417. The van der Waals surface area contributed by atoms with Crippen LogP contribution in [0.3, 0.4) is 0 Å². The zero-order valence-corrected chi connectivity index (χ0v) is 10.3. The van der Waals surface area contributed by atoms with Crippen molar-refractivity contribution in [1.82, 2.24) is 5.32 Å². The summed E-state index contributed by atoms with van der Waals surface area (Å²) in [5.74, 6) is -0.478. The van der Waals surface area contributed by atoms with Crippen molar-refractivity contribution in [2.24, 2.45) is 0 Å². The van der Waals surface area contributed by atoms with E-state index in [9.17, 15) is 31.1 Å². The van der Waals surface area contributed by atoms with Gasteiger partial charge in [0.2, 0.25) is 5.91 Å². The van der Waals surface area contributed by atoms with E-state index in [1.807, 2.05) is 0 Å². The number of rotatable bonds is 1. The number of halogens is 6. The van der Waals surface area contributed by atoms with E-state index in [-0.39, 0.29) is 18.2 Å². The summed E-state index contributed by atoms with van der Waals surface area (Å²) in [4.78, 5) is 10.9. The van der Waals surface area contributed by atoms with Gasteiger partial charge in [0.15, 0.2) is 0 Å². The first-order chi connectivity index (χ1) is 9.57. The maximum Gasteiger partial charge on any atom is 0.416 e. The summed E-state index contributed by atoms with van der Waals surface area (Å²) >= 11 is 0. The largest absolute Gasteiger partial charge is 0.416 e. The van der Waals surface area contributed by atoms with Gasteiger partial charge >= 0.3 is 12.4 Å². The predicted octanol–water partition coefficient (Wildman–Crippen LogP) is 2.91. The Morgan fingerprint density at radius 2 is 1.52 bits per heavy atom. The Balaban J connectivity index is 2.43. The van der Waals surface area contributed by atoms with Gasteiger partial charge in [-0.3, -0.25) is 4.79 Å². The molecule has 0 bridgehead atoms. The van der Waals surface area contributed by atoms with Crippen LogP contribution in [0.5, 0.6) is 0 Å². The van der Waals surface area contributed by atoms with Crippen molar-refractivity contribution in [2.45, 2.75) is 18.5 Å². The van der Waals surface area contributed by atoms with Crippen LogP contribution in [0.25, 0.3) is 0 Å². The minimum absolute atomic E-state index is 0.0465. The number of nitrogens with one attached hydrogen (secondary N) is 1. The van der Waals surface area contributed by atoms with Crippen LogP contribution in [-0.4, -0.2) is 19.1 Å². The number of ether oxygens (including phenoxy) is 1. The van der Waals surface area contributed by atoms with Gasteiger partial charge < -0.3 is 10.1 Å². The van der Waals surface area contributed by atoms with Crippen molar-refractivity contribution >= 4 is 5.91 Å². The summed E-state index contributed by atoms with van der Waals surface area (Å²) < 4.78 is 81.1. The summed E-state index contributed by atoms with van der Waals surface area (Å²) in [6, 6.07) is 1.24. The molecule has 1 heterocycles. The molecule has 1 atom stereocenters. The van der Waals surface area contributed by atoms with Gasteiger partial charge in [-0.25, -0.2) is 0 Å². The lowest BCUT2D eigenvalue weighted by Gasteiger charge is -2.25. The number of benzene rings is 1. The van der Waals surface area contributed by atoms with Gasteiger partial charge in [-0.2, -0.15) is 26.3 Å². The van der Waals surface area contributed by atoms with Crippen LogP contribution < -0.4 is 5.32 Å². The second-order valence-corrected chi connectivity index (χ2v) is 4.44. The monoisotopic (exact) mass is 313 g/mol. The van der Waals surface area contributed by atoms with E-state index < -0.39 is 42.1 Å². The summed E-state index contributed by atoms with van der Waals surface area (Å²) in [6.45, 7) is -0.598. The Labute approximate surface area is 114 Å². The van der Waals surface area contributed by atoms with Gasteiger partial charge in [-0.05, 0) is 23.8 Å². The zero-order chi connectivity index (χ0) is 15.8. The number of hydrogen-bond acceptors (Lipinski definition) is 2. The molecule has 0 spiro atoms. The molecular weight excluding hydrogens is 304 g/mol. The van der Waals surface area contributed by atoms with Crippen LogP contribution >= 0.6 is 0 Å². The van der Waals surface area contributed by atoms with E-state index in [1.54, 1.807) is 0 Å². The van der Waals surface area contributed by atoms with E-state index in [0.717, 1.165) is 0 Å². The van der Waals surface area contributed by atoms with E-state index in [0.29, 0.717) is 12.1 Å². The third-order valence-electron chi connectivity index (χ3n) is 2.88. The summed E-state index contributed by atoms with van der Waals surface area (Å²) in [7, 11) is 0. The first-order valence-corrected chi connectivity index (χ1v) is 5.75. The Morgan fingerprint density at radius 3 is 1.90 bits per heavy atom.